The highest BCUT2D eigenvalue weighted by atomic mass is 31.2. The Bertz CT molecular complexity index is 700. The molecule has 0 aliphatic carbocycles. The average Bonchev–Trinajstić information content (AvgIpc) is 2.89. The number of aliphatic hydroxyl groups is 12. The van der Waals surface area contributed by atoms with Gasteiger partial charge in [-0.25, -0.2) is 4.57 Å². The van der Waals surface area contributed by atoms with E-state index in [0.717, 1.165) is 0 Å². The Morgan fingerprint density at radius 3 is 0.895 bits per heavy atom. The second kappa shape index (κ2) is 13.0. The molecule has 0 aromatic rings. The van der Waals surface area contributed by atoms with Gasteiger partial charge >= 0.3 is 7.82 Å². The number of aliphatic hydroxyl groups excluding tert-OH is 12. The molecule has 0 aromatic carbocycles. The van der Waals surface area contributed by atoms with E-state index in [1.165, 1.54) is 0 Å². The molecule has 38 heavy (non-hydrogen) atoms. The van der Waals surface area contributed by atoms with Crippen molar-refractivity contribution in [2.45, 2.75) is 92.1 Å². The lowest BCUT2D eigenvalue weighted by atomic mass is 9.99. The van der Waals surface area contributed by atoms with E-state index >= 15 is 0 Å². The highest BCUT2D eigenvalue weighted by Crippen LogP contribution is 2.56. The molecule has 19 nitrogen and oxygen atoms in total. The topological polar surface area (TPSA) is 315 Å². The molecule has 0 amide bonds. The normalized spacial score (nSPS) is 49.9. The van der Waals surface area contributed by atoms with Gasteiger partial charge in [-0.05, 0) is 0 Å². The summed E-state index contributed by atoms with van der Waals surface area (Å²) in [5, 5.41) is 119. The van der Waals surface area contributed by atoms with Crippen molar-refractivity contribution >= 4 is 7.82 Å². The van der Waals surface area contributed by atoms with E-state index in [-0.39, 0.29) is 0 Å². The van der Waals surface area contributed by atoms with E-state index in [2.05, 4.69) is 0 Å². The maximum Gasteiger partial charge on any atom is 0.482 e. The molecular weight excluding hydrogens is 551 g/mol. The Labute approximate surface area is 214 Å². The van der Waals surface area contributed by atoms with Crippen LogP contribution in [0.1, 0.15) is 0 Å². The lowest BCUT2D eigenvalue weighted by Crippen LogP contribution is -2.60. The third-order valence-electron chi connectivity index (χ3n) is 6.24. The molecule has 0 bridgehead atoms. The maximum absolute atomic E-state index is 13.7. The summed E-state index contributed by atoms with van der Waals surface area (Å²) in [7, 11) is -5.46. The molecule has 3 fully saturated rings. The zero-order valence-electron chi connectivity index (χ0n) is 19.5. The first-order valence-electron chi connectivity index (χ1n) is 11.3. The van der Waals surface area contributed by atoms with Gasteiger partial charge in [-0.15, -0.1) is 0 Å². The number of phosphoric ester groups is 1. The lowest BCUT2D eigenvalue weighted by Gasteiger charge is -2.44. The minimum absolute atomic E-state index is 0.920. The molecular formula is C18H33O19P. The number of hydrogen-bond donors (Lipinski definition) is 12. The molecule has 12 N–H and O–H groups in total. The van der Waals surface area contributed by atoms with Gasteiger partial charge in [-0.1, -0.05) is 0 Å². The lowest BCUT2D eigenvalue weighted by molar-refractivity contribution is -0.311. The molecule has 0 aromatic heterocycles. The van der Waals surface area contributed by atoms with E-state index in [0.29, 0.717) is 0 Å². The van der Waals surface area contributed by atoms with Crippen LogP contribution in [0.3, 0.4) is 0 Å². The largest absolute Gasteiger partial charge is 0.482 e. The van der Waals surface area contributed by atoms with Crippen molar-refractivity contribution in [3.63, 3.8) is 0 Å². The van der Waals surface area contributed by atoms with Crippen LogP contribution in [0.5, 0.6) is 0 Å². The number of ether oxygens (including phenoxy) is 3. The second-order valence-corrected chi connectivity index (χ2v) is 10.4. The average molecular weight is 584 g/mol. The van der Waals surface area contributed by atoms with Gasteiger partial charge in [0.05, 0.1) is 19.8 Å². The van der Waals surface area contributed by atoms with E-state index < -0.39 is 120 Å². The highest BCUT2D eigenvalue weighted by Gasteiger charge is 2.54. The Kier molecular flexibility index (Phi) is 11.0. The van der Waals surface area contributed by atoms with Gasteiger partial charge in [0.1, 0.15) is 73.2 Å². The Hall–Kier alpha value is -0.490. The molecule has 3 heterocycles. The monoisotopic (exact) mass is 584 g/mol. The Balaban J connectivity index is 1.91. The smallest absolute Gasteiger partial charge is 0.394 e. The standard InChI is InChI=1S/C18H33O19P/c19-1-4-7(22)10(25)13(28)16(32-4)35-38(31,36-17-14(29)11(26)8(23)5(2-20)33-17)37-18-15(30)12(27)9(24)6(3-21)34-18/h4-30H,1-3H2/t4-,5-,6-,7+,8+,9+,10+,11+,12+,13-,14-,15-,16?,17?,18?,38?/m1/s1. The van der Waals surface area contributed by atoms with E-state index in [4.69, 9.17) is 27.8 Å². The SMILES string of the molecule is O=P(OC1O[C@H](CO)[C@H](O)[C@H](O)[C@H]1O)(OC1O[C@H](CO)[C@H](O)[C@H](O)[C@H]1O)OC1O[C@H](CO)[C@H](O)[C@H](O)[C@H]1O. The molecule has 3 rings (SSSR count). The fourth-order valence-electron chi connectivity index (χ4n) is 3.92. The van der Waals surface area contributed by atoms with Crippen LogP contribution in [0.25, 0.3) is 0 Å². The van der Waals surface area contributed by atoms with Gasteiger partial charge < -0.3 is 75.5 Å². The number of rotatable bonds is 9. The van der Waals surface area contributed by atoms with Crippen molar-refractivity contribution < 1.29 is 93.6 Å². The van der Waals surface area contributed by atoms with Crippen LogP contribution in [0.15, 0.2) is 0 Å². The fourth-order valence-corrected chi connectivity index (χ4v) is 5.36. The zero-order chi connectivity index (χ0) is 28.5. The Morgan fingerprint density at radius 1 is 0.447 bits per heavy atom. The van der Waals surface area contributed by atoms with Crippen LogP contribution >= 0.6 is 7.82 Å². The van der Waals surface area contributed by atoms with Gasteiger partial charge in [0, 0.05) is 0 Å². The summed E-state index contributed by atoms with van der Waals surface area (Å²) in [6, 6.07) is 0. The summed E-state index contributed by atoms with van der Waals surface area (Å²) in [5.41, 5.74) is 0. The molecule has 3 aliphatic heterocycles. The van der Waals surface area contributed by atoms with Crippen LogP contribution in [0, 0.1) is 0 Å². The van der Waals surface area contributed by atoms with Crippen molar-refractivity contribution in [2.75, 3.05) is 19.8 Å². The van der Waals surface area contributed by atoms with Crippen molar-refractivity contribution in [3.8, 4) is 0 Å². The molecule has 3 unspecified atom stereocenters. The molecule has 15 atom stereocenters. The van der Waals surface area contributed by atoms with Crippen molar-refractivity contribution in [1.82, 2.24) is 0 Å². The summed E-state index contributed by atoms with van der Waals surface area (Å²) in [6.07, 6.45) is -29.5. The van der Waals surface area contributed by atoms with Crippen molar-refractivity contribution in [2.24, 2.45) is 0 Å². The van der Waals surface area contributed by atoms with Gasteiger partial charge in [0.2, 0.25) is 0 Å². The Morgan fingerprint density at radius 2 is 0.684 bits per heavy atom. The molecule has 0 radical (unpaired) electrons. The quantitative estimate of drug-likeness (QED) is 0.112. The predicted octanol–water partition coefficient (Wildman–Crippen LogP) is -7.46. The summed E-state index contributed by atoms with van der Waals surface area (Å²) < 4.78 is 44.2. The third-order valence-corrected chi connectivity index (χ3v) is 7.64. The number of hydrogen-bond acceptors (Lipinski definition) is 19. The van der Waals surface area contributed by atoms with Gasteiger partial charge in [-0.2, -0.15) is 0 Å². The van der Waals surface area contributed by atoms with Crippen LogP contribution in [-0.4, -0.2) is 173 Å². The summed E-state index contributed by atoms with van der Waals surface area (Å²) in [4.78, 5) is 0. The minimum Gasteiger partial charge on any atom is -0.394 e. The second-order valence-electron chi connectivity index (χ2n) is 8.86. The third kappa shape index (κ3) is 6.52. The molecule has 0 spiro atoms. The van der Waals surface area contributed by atoms with Gasteiger partial charge in [-0.3, -0.25) is 13.6 Å². The molecule has 3 saturated heterocycles. The predicted molar refractivity (Wildman–Crippen MR) is 112 cm³/mol. The first kappa shape index (κ1) is 32.0. The minimum atomic E-state index is -5.46. The summed E-state index contributed by atoms with van der Waals surface area (Å²) in [6.45, 7) is -2.76. The molecule has 224 valence electrons. The summed E-state index contributed by atoms with van der Waals surface area (Å²) >= 11 is 0. The van der Waals surface area contributed by atoms with Crippen LogP contribution in [0.4, 0.5) is 0 Å². The first-order valence-corrected chi connectivity index (χ1v) is 12.8. The highest BCUT2D eigenvalue weighted by molar-refractivity contribution is 7.48. The van der Waals surface area contributed by atoms with Crippen LogP contribution in [-0.2, 0) is 32.3 Å². The van der Waals surface area contributed by atoms with Crippen molar-refractivity contribution in [1.29, 1.82) is 0 Å². The summed E-state index contributed by atoms with van der Waals surface area (Å²) in [5.74, 6) is 0. The van der Waals surface area contributed by atoms with E-state index in [9.17, 15) is 65.8 Å². The fraction of sp³-hybridized carbons (Fsp3) is 1.00. The molecule has 0 saturated carbocycles. The van der Waals surface area contributed by atoms with Gasteiger partial charge in [0.25, 0.3) is 0 Å². The van der Waals surface area contributed by atoms with Crippen LogP contribution in [0.2, 0.25) is 0 Å². The van der Waals surface area contributed by atoms with Crippen molar-refractivity contribution in [3.05, 3.63) is 0 Å². The van der Waals surface area contributed by atoms with E-state index in [1.54, 1.807) is 0 Å². The van der Waals surface area contributed by atoms with E-state index in [1.807, 2.05) is 0 Å². The first-order chi connectivity index (χ1) is 17.8. The number of phosphoric acid groups is 1. The molecule has 3 aliphatic rings. The van der Waals surface area contributed by atoms with Crippen LogP contribution < -0.4 is 0 Å². The maximum atomic E-state index is 13.7. The zero-order valence-corrected chi connectivity index (χ0v) is 20.3. The van der Waals surface area contributed by atoms with Gasteiger partial charge in [0.15, 0.2) is 18.9 Å². The molecule has 20 heteroatoms.